The Morgan fingerprint density at radius 2 is 2.05 bits per heavy atom. The fourth-order valence-corrected chi connectivity index (χ4v) is 2.90. The van der Waals surface area contributed by atoms with E-state index in [1.54, 1.807) is 6.07 Å². The van der Waals surface area contributed by atoms with Gasteiger partial charge in [0, 0.05) is 14.9 Å². The van der Waals surface area contributed by atoms with Gasteiger partial charge in [0.25, 0.3) is 5.22 Å². The van der Waals surface area contributed by atoms with Crippen molar-refractivity contribution in [3.63, 3.8) is 0 Å². The third-order valence-corrected chi connectivity index (χ3v) is 4.00. The van der Waals surface area contributed by atoms with Crippen LogP contribution in [0.5, 0.6) is 0 Å². The van der Waals surface area contributed by atoms with Gasteiger partial charge >= 0.3 is 0 Å². The maximum absolute atomic E-state index is 11.1. The summed E-state index contributed by atoms with van der Waals surface area (Å²) in [6.07, 6.45) is 0.829. The smallest absolute Gasteiger partial charge is 0.261 e. The van der Waals surface area contributed by atoms with E-state index in [2.05, 4.69) is 20.9 Å². The van der Waals surface area contributed by atoms with Crippen LogP contribution in [0.3, 0.4) is 0 Å². The van der Waals surface area contributed by atoms with E-state index in [-0.39, 0.29) is 0 Å². The summed E-state index contributed by atoms with van der Waals surface area (Å²) in [5.74, 6) is 0. The Labute approximate surface area is 122 Å². The maximum Gasteiger partial charge on any atom is 0.261 e. The second-order valence-electron chi connectivity index (χ2n) is 3.85. The predicted octanol–water partition coefficient (Wildman–Crippen LogP) is 4.55. The Balaban J connectivity index is 1.98. The van der Waals surface area contributed by atoms with Gasteiger partial charge in [0.1, 0.15) is 5.52 Å². The first-order valence-corrected chi connectivity index (χ1v) is 7.15. The Hall–Kier alpha value is -1.59. The zero-order valence-corrected chi connectivity index (χ0v) is 12.1. The summed E-state index contributed by atoms with van der Waals surface area (Å²) in [4.78, 5) is 16.3. The lowest BCUT2D eigenvalue weighted by molar-refractivity contribution is 0.112. The van der Waals surface area contributed by atoms with Gasteiger partial charge in [-0.3, -0.25) is 4.79 Å². The van der Waals surface area contributed by atoms with Crippen LogP contribution in [0, 0.1) is 0 Å². The standard InChI is InChI=1S/C14H8BrNO2S/c15-10-5-6-13(9(7-10)8-17)19-14-16-11-3-1-2-4-12(11)18-14/h1-8H. The van der Waals surface area contributed by atoms with Crippen LogP contribution in [-0.4, -0.2) is 11.3 Å². The fraction of sp³-hybridized carbons (Fsp3) is 0. The number of para-hydroxylation sites is 2. The van der Waals surface area contributed by atoms with Crippen molar-refractivity contribution in [2.75, 3.05) is 0 Å². The van der Waals surface area contributed by atoms with Crippen molar-refractivity contribution in [2.45, 2.75) is 10.1 Å². The van der Waals surface area contributed by atoms with Gasteiger partial charge in [0.05, 0.1) is 0 Å². The van der Waals surface area contributed by atoms with E-state index in [1.807, 2.05) is 36.4 Å². The molecule has 0 aliphatic heterocycles. The molecule has 0 saturated carbocycles. The summed E-state index contributed by atoms with van der Waals surface area (Å²) in [6, 6.07) is 13.1. The molecule has 0 spiro atoms. The molecule has 1 heterocycles. The molecule has 0 amide bonds. The molecule has 1 aromatic heterocycles. The average Bonchev–Trinajstić information content (AvgIpc) is 2.83. The predicted molar refractivity (Wildman–Crippen MR) is 77.7 cm³/mol. The minimum atomic E-state index is 0.534. The first-order chi connectivity index (χ1) is 9.26. The molecule has 0 bridgehead atoms. The Kier molecular flexibility index (Phi) is 3.40. The van der Waals surface area contributed by atoms with Gasteiger partial charge in [0.2, 0.25) is 0 Å². The SMILES string of the molecule is O=Cc1cc(Br)ccc1Sc1nc2ccccc2o1. The van der Waals surface area contributed by atoms with Crippen molar-refractivity contribution >= 4 is 45.1 Å². The second-order valence-corrected chi connectivity index (χ2v) is 5.76. The third kappa shape index (κ3) is 2.57. The molecular weight excluding hydrogens is 326 g/mol. The van der Waals surface area contributed by atoms with Crippen LogP contribution in [0.1, 0.15) is 10.4 Å². The van der Waals surface area contributed by atoms with Gasteiger partial charge in [-0.25, -0.2) is 4.98 Å². The molecule has 0 N–H and O–H groups in total. The molecule has 2 aromatic carbocycles. The van der Waals surface area contributed by atoms with Crippen molar-refractivity contribution < 1.29 is 9.21 Å². The van der Waals surface area contributed by atoms with E-state index in [4.69, 9.17) is 4.42 Å². The molecule has 0 aliphatic rings. The highest BCUT2D eigenvalue weighted by Crippen LogP contribution is 2.32. The van der Waals surface area contributed by atoms with E-state index in [0.29, 0.717) is 10.8 Å². The number of hydrogen-bond donors (Lipinski definition) is 0. The highest BCUT2D eigenvalue weighted by molar-refractivity contribution is 9.10. The first kappa shape index (κ1) is 12.4. The largest absolute Gasteiger partial charge is 0.431 e. The van der Waals surface area contributed by atoms with Crippen molar-refractivity contribution in [2.24, 2.45) is 0 Å². The van der Waals surface area contributed by atoms with E-state index < -0.39 is 0 Å². The number of aldehydes is 1. The number of halogens is 1. The molecule has 3 aromatic rings. The van der Waals surface area contributed by atoms with E-state index in [0.717, 1.165) is 26.8 Å². The lowest BCUT2D eigenvalue weighted by atomic mass is 10.2. The molecule has 0 aliphatic carbocycles. The lowest BCUT2D eigenvalue weighted by Crippen LogP contribution is -1.85. The van der Waals surface area contributed by atoms with Crippen LogP contribution in [-0.2, 0) is 0 Å². The molecule has 3 nitrogen and oxygen atoms in total. The molecule has 0 saturated heterocycles. The minimum Gasteiger partial charge on any atom is -0.431 e. The molecule has 0 unspecified atom stereocenters. The molecule has 5 heteroatoms. The number of benzene rings is 2. The van der Waals surface area contributed by atoms with Crippen molar-refractivity contribution in [1.82, 2.24) is 4.98 Å². The highest BCUT2D eigenvalue weighted by atomic mass is 79.9. The zero-order valence-electron chi connectivity index (χ0n) is 9.67. The van der Waals surface area contributed by atoms with Gasteiger partial charge in [0.15, 0.2) is 11.9 Å². The lowest BCUT2D eigenvalue weighted by Gasteiger charge is -2.01. The van der Waals surface area contributed by atoms with Gasteiger partial charge in [-0.2, -0.15) is 0 Å². The maximum atomic E-state index is 11.1. The molecule has 0 radical (unpaired) electrons. The third-order valence-electron chi connectivity index (χ3n) is 2.57. The molecule has 0 atom stereocenters. The number of hydrogen-bond acceptors (Lipinski definition) is 4. The monoisotopic (exact) mass is 333 g/mol. The summed E-state index contributed by atoms with van der Waals surface area (Å²) in [7, 11) is 0. The van der Waals surface area contributed by atoms with Crippen LogP contribution in [0.2, 0.25) is 0 Å². The summed E-state index contributed by atoms with van der Waals surface area (Å²) >= 11 is 4.69. The number of fused-ring (bicyclic) bond motifs is 1. The summed E-state index contributed by atoms with van der Waals surface area (Å²) in [5.41, 5.74) is 2.17. The zero-order chi connectivity index (χ0) is 13.2. The average molecular weight is 334 g/mol. The van der Waals surface area contributed by atoms with Crippen LogP contribution in [0.4, 0.5) is 0 Å². The number of oxazole rings is 1. The molecular formula is C14H8BrNO2S. The summed E-state index contributed by atoms with van der Waals surface area (Å²) in [6.45, 7) is 0. The highest BCUT2D eigenvalue weighted by Gasteiger charge is 2.10. The van der Waals surface area contributed by atoms with Gasteiger partial charge in [-0.15, -0.1) is 0 Å². The van der Waals surface area contributed by atoms with Crippen LogP contribution < -0.4 is 0 Å². The first-order valence-electron chi connectivity index (χ1n) is 5.54. The number of rotatable bonds is 3. The van der Waals surface area contributed by atoms with Gasteiger partial charge in [-0.1, -0.05) is 28.1 Å². The van der Waals surface area contributed by atoms with E-state index in [1.165, 1.54) is 11.8 Å². The quantitative estimate of drug-likeness (QED) is 0.659. The Morgan fingerprint density at radius 1 is 1.21 bits per heavy atom. The number of carbonyl (C=O) groups is 1. The van der Waals surface area contributed by atoms with Crippen molar-refractivity contribution in [1.29, 1.82) is 0 Å². The second kappa shape index (κ2) is 5.19. The van der Waals surface area contributed by atoms with E-state index in [9.17, 15) is 4.79 Å². The van der Waals surface area contributed by atoms with Crippen LogP contribution >= 0.6 is 27.7 Å². The molecule has 3 rings (SSSR count). The normalized spacial score (nSPS) is 10.8. The molecule has 94 valence electrons. The number of aromatic nitrogens is 1. The number of nitrogens with zero attached hydrogens (tertiary/aromatic N) is 1. The van der Waals surface area contributed by atoms with Gasteiger partial charge in [-0.05, 0) is 42.1 Å². The molecule has 19 heavy (non-hydrogen) atoms. The van der Waals surface area contributed by atoms with Crippen molar-refractivity contribution in [3.05, 3.63) is 52.5 Å². The van der Waals surface area contributed by atoms with Gasteiger partial charge < -0.3 is 4.42 Å². The topological polar surface area (TPSA) is 43.1 Å². The summed E-state index contributed by atoms with van der Waals surface area (Å²) < 4.78 is 6.50. The van der Waals surface area contributed by atoms with Crippen LogP contribution in [0.25, 0.3) is 11.1 Å². The van der Waals surface area contributed by atoms with E-state index >= 15 is 0 Å². The van der Waals surface area contributed by atoms with Crippen molar-refractivity contribution in [3.8, 4) is 0 Å². The fourth-order valence-electron chi connectivity index (χ4n) is 1.69. The Bertz CT molecular complexity index is 721. The Morgan fingerprint density at radius 3 is 2.84 bits per heavy atom. The minimum absolute atomic E-state index is 0.534. The number of carbonyl (C=O) groups excluding carboxylic acids is 1. The van der Waals surface area contributed by atoms with Crippen LogP contribution in [0.15, 0.2) is 61.5 Å². The molecule has 0 fully saturated rings. The summed E-state index contributed by atoms with van der Waals surface area (Å²) in [5, 5.41) is 0.534.